The summed E-state index contributed by atoms with van der Waals surface area (Å²) in [5, 5.41) is 2.79. The first-order chi connectivity index (χ1) is 10.5. The molecule has 5 nitrogen and oxygen atoms in total. The molecule has 2 amide bonds. The summed E-state index contributed by atoms with van der Waals surface area (Å²) in [5.41, 5.74) is 2.42. The van der Waals surface area contributed by atoms with Gasteiger partial charge in [0, 0.05) is 11.5 Å². The van der Waals surface area contributed by atoms with E-state index in [2.05, 4.69) is 10.3 Å². The lowest BCUT2D eigenvalue weighted by molar-refractivity contribution is -0.146. The topological polar surface area (TPSA) is 67.8 Å². The number of amides is 2. The van der Waals surface area contributed by atoms with Crippen molar-refractivity contribution in [3.05, 3.63) is 35.4 Å². The highest BCUT2D eigenvalue weighted by atomic mass is 32.2. The van der Waals surface area contributed by atoms with Crippen LogP contribution in [0.15, 0.2) is 29.3 Å². The third kappa shape index (κ3) is 3.68. The maximum absolute atomic E-state index is 12.4. The highest BCUT2D eigenvalue weighted by Gasteiger charge is 2.38. The highest BCUT2D eigenvalue weighted by Crippen LogP contribution is 2.29. The van der Waals surface area contributed by atoms with E-state index < -0.39 is 18.0 Å². The van der Waals surface area contributed by atoms with Crippen molar-refractivity contribution < 1.29 is 14.3 Å². The van der Waals surface area contributed by atoms with Gasteiger partial charge in [-0.3, -0.25) is 4.79 Å². The molecule has 0 bridgehead atoms. The Kier molecular flexibility index (Phi) is 5.60. The molecule has 2 atom stereocenters. The van der Waals surface area contributed by atoms with Crippen LogP contribution in [0.1, 0.15) is 24.1 Å². The van der Waals surface area contributed by atoms with Crippen molar-refractivity contribution in [2.45, 2.75) is 19.9 Å². The molecular weight excluding hydrogens is 300 g/mol. The number of esters is 1. The molecule has 0 saturated carbocycles. The van der Waals surface area contributed by atoms with Gasteiger partial charge in [-0.25, -0.2) is 9.79 Å². The van der Waals surface area contributed by atoms with Crippen molar-refractivity contribution in [1.29, 1.82) is 0 Å². The van der Waals surface area contributed by atoms with E-state index in [1.165, 1.54) is 0 Å². The van der Waals surface area contributed by atoms with Crippen molar-refractivity contribution in [2.75, 3.05) is 18.6 Å². The van der Waals surface area contributed by atoms with E-state index in [9.17, 15) is 9.59 Å². The van der Waals surface area contributed by atoms with Gasteiger partial charge in [-0.05, 0) is 31.2 Å². The molecule has 1 N–H and O–H groups in total. The van der Waals surface area contributed by atoms with Crippen LogP contribution in [-0.2, 0) is 9.53 Å². The zero-order chi connectivity index (χ0) is 16.1. The molecule has 2 rings (SSSR count). The smallest absolute Gasteiger partial charge is 0.341 e. The standard InChI is InChI=1S/C16H20N2O3S/c1-10-6-4-5-7-12(10)14-13(11(2)17-16(20)18-14)15(19)21-8-9-22-3/h4-7,13-14H,8-9H2,1-3H3,(H,18,20). The first kappa shape index (κ1) is 16.5. The average Bonchev–Trinajstić information content (AvgIpc) is 2.47. The Balaban J connectivity index is 2.29. The van der Waals surface area contributed by atoms with Crippen LogP contribution < -0.4 is 5.32 Å². The van der Waals surface area contributed by atoms with E-state index >= 15 is 0 Å². The molecule has 0 aromatic heterocycles. The number of nitrogens with zero attached hydrogens (tertiary/aromatic N) is 1. The summed E-state index contributed by atoms with van der Waals surface area (Å²) in [6.07, 6.45) is 1.96. The third-order valence-electron chi connectivity index (χ3n) is 3.65. The third-order valence-corrected chi connectivity index (χ3v) is 4.22. The average molecular weight is 320 g/mol. The summed E-state index contributed by atoms with van der Waals surface area (Å²) in [4.78, 5) is 28.0. The SMILES string of the molecule is CSCCOC(=O)C1C(C)=NC(=O)NC1c1ccccc1C. The second kappa shape index (κ2) is 7.45. The number of hydrogen-bond acceptors (Lipinski definition) is 4. The largest absolute Gasteiger partial charge is 0.464 e. The molecule has 0 saturated heterocycles. The molecule has 1 aromatic rings. The summed E-state index contributed by atoms with van der Waals surface area (Å²) in [6, 6.07) is 6.84. The number of ether oxygens (including phenoxy) is 1. The summed E-state index contributed by atoms with van der Waals surface area (Å²) < 4.78 is 5.33. The first-order valence-electron chi connectivity index (χ1n) is 7.11. The summed E-state index contributed by atoms with van der Waals surface area (Å²) in [6.45, 7) is 4.02. The lowest BCUT2D eigenvalue weighted by Crippen LogP contribution is -2.44. The maximum atomic E-state index is 12.4. The number of rotatable bonds is 5. The van der Waals surface area contributed by atoms with Crippen LogP contribution >= 0.6 is 11.8 Å². The van der Waals surface area contributed by atoms with Crippen molar-refractivity contribution in [1.82, 2.24) is 5.32 Å². The number of urea groups is 1. The molecule has 0 radical (unpaired) electrons. The second-order valence-corrected chi connectivity index (χ2v) is 6.16. The zero-order valence-electron chi connectivity index (χ0n) is 13.0. The van der Waals surface area contributed by atoms with E-state index in [1.54, 1.807) is 18.7 Å². The number of thioether (sulfide) groups is 1. The van der Waals surface area contributed by atoms with Gasteiger partial charge < -0.3 is 10.1 Å². The fourth-order valence-electron chi connectivity index (χ4n) is 2.53. The lowest BCUT2D eigenvalue weighted by atomic mass is 9.86. The van der Waals surface area contributed by atoms with Crippen molar-refractivity contribution in [3.8, 4) is 0 Å². The molecule has 6 heteroatoms. The molecular formula is C16H20N2O3S. The van der Waals surface area contributed by atoms with E-state index in [-0.39, 0.29) is 5.97 Å². The van der Waals surface area contributed by atoms with Crippen LogP contribution in [-0.4, -0.2) is 36.3 Å². The van der Waals surface area contributed by atoms with Crippen molar-refractivity contribution in [2.24, 2.45) is 10.9 Å². The number of hydrogen-bond donors (Lipinski definition) is 1. The molecule has 1 aliphatic heterocycles. The van der Waals surface area contributed by atoms with Crippen molar-refractivity contribution >= 4 is 29.5 Å². The van der Waals surface area contributed by atoms with E-state index in [0.29, 0.717) is 12.3 Å². The number of benzene rings is 1. The maximum Gasteiger partial charge on any atom is 0.341 e. The number of nitrogens with one attached hydrogen (secondary N) is 1. The summed E-state index contributed by atoms with van der Waals surface area (Å²) in [7, 11) is 0. The Labute approximate surface area is 134 Å². The quantitative estimate of drug-likeness (QED) is 0.669. The summed E-state index contributed by atoms with van der Waals surface area (Å²) >= 11 is 1.61. The zero-order valence-corrected chi connectivity index (χ0v) is 13.8. The van der Waals surface area contributed by atoms with Gasteiger partial charge in [0.25, 0.3) is 0 Å². The minimum Gasteiger partial charge on any atom is -0.464 e. The fourth-order valence-corrected chi connectivity index (χ4v) is 2.78. The van der Waals surface area contributed by atoms with E-state index in [0.717, 1.165) is 16.9 Å². The Morgan fingerprint density at radius 2 is 2.09 bits per heavy atom. The molecule has 0 fully saturated rings. The minimum absolute atomic E-state index is 0.344. The van der Waals surface area contributed by atoms with Gasteiger partial charge in [0.1, 0.15) is 12.5 Å². The number of aliphatic imine (C=N–C) groups is 1. The minimum atomic E-state index is -0.583. The molecule has 0 spiro atoms. The van der Waals surface area contributed by atoms with E-state index in [4.69, 9.17) is 4.74 Å². The molecule has 1 aromatic carbocycles. The van der Waals surface area contributed by atoms with Gasteiger partial charge in [0.15, 0.2) is 0 Å². The normalized spacial score (nSPS) is 21.0. The van der Waals surface area contributed by atoms with Gasteiger partial charge in [0.05, 0.1) is 6.04 Å². The van der Waals surface area contributed by atoms with Crippen LogP contribution in [0.25, 0.3) is 0 Å². The molecule has 22 heavy (non-hydrogen) atoms. The van der Waals surface area contributed by atoms with Crippen LogP contribution in [0, 0.1) is 12.8 Å². The summed E-state index contributed by atoms with van der Waals surface area (Å²) in [5.74, 6) is -0.181. The molecule has 2 unspecified atom stereocenters. The highest BCUT2D eigenvalue weighted by molar-refractivity contribution is 7.98. The van der Waals surface area contributed by atoms with Crippen LogP contribution in [0.2, 0.25) is 0 Å². The van der Waals surface area contributed by atoms with Gasteiger partial charge in [-0.15, -0.1) is 0 Å². The van der Waals surface area contributed by atoms with Crippen LogP contribution in [0.5, 0.6) is 0 Å². The van der Waals surface area contributed by atoms with Crippen molar-refractivity contribution in [3.63, 3.8) is 0 Å². The predicted octanol–water partition coefficient (Wildman–Crippen LogP) is 2.74. The molecule has 1 heterocycles. The second-order valence-electron chi connectivity index (χ2n) is 5.17. The molecule has 0 aliphatic carbocycles. The van der Waals surface area contributed by atoms with Gasteiger partial charge in [-0.1, -0.05) is 24.3 Å². The Hall–Kier alpha value is -1.82. The fraction of sp³-hybridized carbons (Fsp3) is 0.438. The van der Waals surface area contributed by atoms with E-state index in [1.807, 2.05) is 37.4 Å². The monoisotopic (exact) mass is 320 g/mol. The number of aryl methyl sites for hydroxylation is 1. The first-order valence-corrected chi connectivity index (χ1v) is 8.50. The van der Waals surface area contributed by atoms with Crippen LogP contribution in [0.4, 0.5) is 4.79 Å². The Morgan fingerprint density at radius 1 is 1.36 bits per heavy atom. The predicted molar refractivity (Wildman–Crippen MR) is 88.4 cm³/mol. The molecule has 118 valence electrons. The van der Waals surface area contributed by atoms with Gasteiger partial charge in [0.2, 0.25) is 0 Å². The Bertz CT molecular complexity index is 601. The van der Waals surface area contributed by atoms with Crippen LogP contribution in [0.3, 0.4) is 0 Å². The molecule has 1 aliphatic rings. The number of carbonyl (C=O) groups is 2. The lowest BCUT2D eigenvalue weighted by Gasteiger charge is -2.30. The van der Waals surface area contributed by atoms with Gasteiger partial charge >= 0.3 is 12.0 Å². The number of carbonyl (C=O) groups excluding carboxylic acids is 2. The Morgan fingerprint density at radius 3 is 2.77 bits per heavy atom. The van der Waals surface area contributed by atoms with Gasteiger partial charge in [-0.2, -0.15) is 11.8 Å².